The number of benzene rings is 1. The third-order valence-corrected chi connectivity index (χ3v) is 4.47. The zero-order valence-electron chi connectivity index (χ0n) is 16.7. The molecule has 0 aromatic heterocycles. The van der Waals surface area contributed by atoms with Crippen LogP contribution in [0.4, 0.5) is 0 Å². The fraction of sp³-hybridized carbons (Fsp3) is 0.550. The van der Waals surface area contributed by atoms with E-state index in [1.54, 1.807) is 0 Å². The van der Waals surface area contributed by atoms with Crippen LogP contribution < -0.4 is 16.0 Å². The molecule has 1 saturated heterocycles. The molecule has 0 spiro atoms. The van der Waals surface area contributed by atoms with Crippen molar-refractivity contribution in [1.29, 1.82) is 0 Å². The Bertz CT molecular complexity index is 639. The van der Waals surface area contributed by atoms with Gasteiger partial charge in [0.15, 0.2) is 5.96 Å². The van der Waals surface area contributed by atoms with Gasteiger partial charge in [0, 0.05) is 45.1 Å². The molecule has 7 nitrogen and oxygen atoms in total. The molecular formula is C20H32IN5O2. The lowest BCUT2D eigenvalue weighted by atomic mass is 10.2. The van der Waals surface area contributed by atoms with Crippen molar-refractivity contribution in [3.05, 3.63) is 35.9 Å². The summed E-state index contributed by atoms with van der Waals surface area (Å²) in [5, 5.41) is 9.48. The molecule has 2 rings (SSSR count). The van der Waals surface area contributed by atoms with Gasteiger partial charge in [0.05, 0.1) is 6.54 Å². The van der Waals surface area contributed by atoms with Gasteiger partial charge >= 0.3 is 0 Å². The Morgan fingerprint density at radius 3 is 2.61 bits per heavy atom. The van der Waals surface area contributed by atoms with Crippen LogP contribution >= 0.6 is 24.0 Å². The van der Waals surface area contributed by atoms with Crippen LogP contribution in [0.1, 0.15) is 38.7 Å². The molecule has 0 saturated carbocycles. The van der Waals surface area contributed by atoms with Crippen LogP contribution in [0, 0.1) is 0 Å². The van der Waals surface area contributed by atoms with Crippen molar-refractivity contribution in [3.63, 3.8) is 0 Å². The van der Waals surface area contributed by atoms with E-state index in [1.807, 2.05) is 49.1 Å². The summed E-state index contributed by atoms with van der Waals surface area (Å²) < 4.78 is 0. The summed E-state index contributed by atoms with van der Waals surface area (Å²) in [6.07, 6.45) is 1.79. The van der Waals surface area contributed by atoms with Crippen LogP contribution in [0.5, 0.6) is 0 Å². The van der Waals surface area contributed by atoms with Crippen LogP contribution in [-0.4, -0.2) is 54.9 Å². The quantitative estimate of drug-likeness (QED) is 0.289. The highest BCUT2D eigenvalue weighted by molar-refractivity contribution is 14.0. The van der Waals surface area contributed by atoms with Gasteiger partial charge in [0.1, 0.15) is 0 Å². The summed E-state index contributed by atoms with van der Waals surface area (Å²) in [6, 6.07) is 10.0. The number of hydrogen-bond acceptors (Lipinski definition) is 3. The smallest absolute Gasteiger partial charge is 0.222 e. The van der Waals surface area contributed by atoms with Gasteiger partial charge in [-0.25, -0.2) is 0 Å². The SMILES string of the molecule is CCNC(=NCCC(=O)NCc1ccccc1)NC1CCN(C(=O)CC)C1.I. The monoisotopic (exact) mass is 501 g/mol. The van der Waals surface area contributed by atoms with E-state index >= 15 is 0 Å². The number of rotatable bonds is 8. The fourth-order valence-corrected chi connectivity index (χ4v) is 3.00. The number of carbonyl (C=O) groups is 2. The Balaban J connectivity index is 0.00000392. The predicted octanol–water partition coefficient (Wildman–Crippen LogP) is 1.88. The Labute approximate surface area is 184 Å². The minimum atomic E-state index is -0.0148. The summed E-state index contributed by atoms with van der Waals surface area (Å²) in [4.78, 5) is 30.2. The molecule has 1 heterocycles. The first kappa shape index (κ1) is 24.2. The van der Waals surface area contributed by atoms with Gasteiger partial charge in [-0.15, -0.1) is 24.0 Å². The third kappa shape index (κ3) is 8.45. The van der Waals surface area contributed by atoms with E-state index in [0.717, 1.165) is 25.1 Å². The zero-order valence-corrected chi connectivity index (χ0v) is 19.1. The largest absolute Gasteiger partial charge is 0.357 e. The summed E-state index contributed by atoms with van der Waals surface area (Å²) >= 11 is 0. The second-order valence-electron chi connectivity index (χ2n) is 6.60. The van der Waals surface area contributed by atoms with E-state index in [9.17, 15) is 9.59 Å². The number of aliphatic imine (C=N–C) groups is 1. The predicted molar refractivity (Wildman–Crippen MR) is 123 cm³/mol. The average molecular weight is 501 g/mol. The first-order chi connectivity index (χ1) is 13.1. The number of carbonyl (C=O) groups excluding carboxylic acids is 2. The zero-order chi connectivity index (χ0) is 19.5. The van der Waals surface area contributed by atoms with E-state index in [2.05, 4.69) is 20.9 Å². The number of nitrogens with one attached hydrogen (secondary N) is 3. The van der Waals surface area contributed by atoms with Crippen molar-refractivity contribution in [1.82, 2.24) is 20.9 Å². The highest BCUT2D eigenvalue weighted by Gasteiger charge is 2.25. The molecule has 1 aliphatic heterocycles. The highest BCUT2D eigenvalue weighted by atomic mass is 127. The molecule has 1 unspecified atom stereocenters. The Hall–Kier alpha value is -1.84. The summed E-state index contributed by atoms with van der Waals surface area (Å²) in [7, 11) is 0. The van der Waals surface area contributed by atoms with Gasteiger partial charge in [-0.3, -0.25) is 14.6 Å². The minimum absolute atomic E-state index is 0. The Kier molecular flexibility index (Phi) is 11.5. The van der Waals surface area contributed by atoms with Crippen LogP contribution in [-0.2, 0) is 16.1 Å². The van der Waals surface area contributed by atoms with Crippen molar-refractivity contribution in [2.75, 3.05) is 26.2 Å². The van der Waals surface area contributed by atoms with Gasteiger partial charge in [-0.2, -0.15) is 0 Å². The number of nitrogens with zero attached hydrogens (tertiary/aromatic N) is 2. The van der Waals surface area contributed by atoms with Crippen molar-refractivity contribution in [3.8, 4) is 0 Å². The summed E-state index contributed by atoms with van der Waals surface area (Å²) in [6.45, 7) is 7.07. The van der Waals surface area contributed by atoms with E-state index in [0.29, 0.717) is 38.4 Å². The standard InChI is InChI=1S/C20H31N5O2.HI/c1-3-19(27)25-13-11-17(15-25)24-20(21-4-2)22-12-10-18(26)23-14-16-8-6-5-7-9-16;/h5-9,17H,3-4,10-15H2,1-2H3,(H,23,26)(H2,21,22,24);1H. The fourth-order valence-electron chi connectivity index (χ4n) is 3.00. The van der Waals surface area contributed by atoms with Crippen molar-refractivity contribution in [2.24, 2.45) is 4.99 Å². The molecule has 1 aromatic rings. The number of hydrogen-bond donors (Lipinski definition) is 3. The van der Waals surface area contributed by atoms with Gasteiger partial charge < -0.3 is 20.9 Å². The lowest BCUT2D eigenvalue weighted by Gasteiger charge is -2.18. The molecule has 28 heavy (non-hydrogen) atoms. The molecule has 1 atom stereocenters. The van der Waals surface area contributed by atoms with Gasteiger partial charge in [-0.1, -0.05) is 37.3 Å². The van der Waals surface area contributed by atoms with Crippen molar-refractivity contribution >= 4 is 41.8 Å². The maximum absolute atomic E-state index is 12.0. The number of amides is 2. The molecule has 156 valence electrons. The van der Waals surface area contributed by atoms with E-state index in [4.69, 9.17) is 0 Å². The minimum Gasteiger partial charge on any atom is -0.357 e. The molecule has 0 aliphatic carbocycles. The maximum Gasteiger partial charge on any atom is 0.222 e. The molecule has 8 heteroatoms. The van der Waals surface area contributed by atoms with Crippen LogP contribution in [0.25, 0.3) is 0 Å². The molecule has 3 N–H and O–H groups in total. The maximum atomic E-state index is 12.0. The van der Waals surface area contributed by atoms with Gasteiger partial charge in [0.2, 0.25) is 11.8 Å². The summed E-state index contributed by atoms with van der Waals surface area (Å²) in [5.74, 6) is 0.875. The highest BCUT2D eigenvalue weighted by Crippen LogP contribution is 2.10. The third-order valence-electron chi connectivity index (χ3n) is 4.47. The second kappa shape index (κ2) is 13.4. The first-order valence-electron chi connectivity index (χ1n) is 9.75. The lowest BCUT2D eigenvalue weighted by Crippen LogP contribution is -2.45. The van der Waals surface area contributed by atoms with Gasteiger partial charge in [0.25, 0.3) is 0 Å². The normalized spacial score (nSPS) is 16.3. The topological polar surface area (TPSA) is 85.8 Å². The molecule has 0 bridgehead atoms. The number of likely N-dealkylation sites (tertiary alicyclic amines) is 1. The molecule has 1 fully saturated rings. The lowest BCUT2D eigenvalue weighted by molar-refractivity contribution is -0.129. The molecule has 2 amide bonds. The van der Waals surface area contributed by atoms with Gasteiger partial charge in [-0.05, 0) is 18.9 Å². The van der Waals surface area contributed by atoms with Crippen LogP contribution in [0.3, 0.4) is 0 Å². The Morgan fingerprint density at radius 2 is 1.93 bits per heavy atom. The molecule has 0 radical (unpaired) electrons. The molecule has 1 aromatic carbocycles. The average Bonchev–Trinajstić information content (AvgIpc) is 3.15. The summed E-state index contributed by atoms with van der Waals surface area (Å²) in [5.41, 5.74) is 1.08. The van der Waals surface area contributed by atoms with E-state index < -0.39 is 0 Å². The molecular weight excluding hydrogens is 469 g/mol. The van der Waals surface area contributed by atoms with Crippen molar-refractivity contribution in [2.45, 2.75) is 45.7 Å². The van der Waals surface area contributed by atoms with Crippen molar-refractivity contribution < 1.29 is 9.59 Å². The van der Waals surface area contributed by atoms with Crippen LogP contribution in [0.15, 0.2) is 35.3 Å². The molecule has 1 aliphatic rings. The van der Waals surface area contributed by atoms with Crippen LogP contribution in [0.2, 0.25) is 0 Å². The second-order valence-corrected chi connectivity index (χ2v) is 6.60. The number of guanidine groups is 1. The Morgan fingerprint density at radius 1 is 1.18 bits per heavy atom. The first-order valence-corrected chi connectivity index (χ1v) is 9.75. The number of halogens is 1. The van der Waals surface area contributed by atoms with E-state index in [-0.39, 0.29) is 41.8 Å². The van der Waals surface area contributed by atoms with E-state index in [1.165, 1.54) is 0 Å².